The molecule has 10 heteroatoms. The molecule has 1 heterocycles. The molecule has 1 aromatic heterocycles. The fraction of sp³-hybridized carbons (Fsp3) is 0.333. The van der Waals surface area contributed by atoms with Crippen molar-refractivity contribution in [2.75, 3.05) is 0 Å². The van der Waals surface area contributed by atoms with E-state index >= 15 is 0 Å². The molecule has 1 rings (SSSR count). The van der Waals surface area contributed by atoms with Gasteiger partial charge in [-0.15, -0.1) is 10.2 Å². The van der Waals surface area contributed by atoms with Gasteiger partial charge in [0, 0.05) is 0 Å². The van der Waals surface area contributed by atoms with Crippen molar-refractivity contribution in [2.45, 2.75) is 12.7 Å². The fourth-order valence-electron chi connectivity index (χ4n) is 0.668. The van der Waals surface area contributed by atoms with Gasteiger partial charge < -0.3 is 10.4 Å². The number of hydrogen-bond acceptors (Lipinski definition) is 5. The van der Waals surface area contributed by atoms with E-state index in [1.807, 2.05) is 0 Å². The van der Waals surface area contributed by atoms with Crippen LogP contribution in [0.3, 0.4) is 0 Å². The molecule has 0 bridgehead atoms. The number of carbonyl (C=O) groups is 2. The maximum absolute atomic E-state index is 11.7. The molecule has 0 atom stereocenters. The first-order chi connectivity index (χ1) is 7.30. The monoisotopic (exact) mass is 255 g/mol. The van der Waals surface area contributed by atoms with Crippen LogP contribution >= 0.6 is 11.3 Å². The Kier molecular flexibility index (Phi) is 3.42. The largest absolute Gasteiger partial charge is 0.476 e. The first-order valence-electron chi connectivity index (χ1n) is 3.71. The van der Waals surface area contributed by atoms with Crippen molar-refractivity contribution in [1.82, 2.24) is 15.5 Å². The molecule has 1 amide bonds. The molecular formula is C6H4F3N3O3S. The van der Waals surface area contributed by atoms with Crippen molar-refractivity contribution in [3.05, 3.63) is 10.0 Å². The van der Waals surface area contributed by atoms with Crippen LogP contribution in [0.2, 0.25) is 0 Å². The van der Waals surface area contributed by atoms with E-state index in [9.17, 15) is 22.8 Å². The Morgan fingerprint density at radius 2 is 2.00 bits per heavy atom. The number of aromatic nitrogens is 2. The van der Waals surface area contributed by atoms with Crippen molar-refractivity contribution in [3.63, 3.8) is 0 Å². The standard InChI is InChI=1S/C6H4F3N3O3S/c7-6(8,9)5(15)10-1-2-11-12-3(16-2)4(13)14/h1H2,(H,10,15)(H,13,14). The molecule has 6 nitrogen and oxygen atoms in total. The third kappa shape index (κ3) is 3.15. The zero-order chi connectivity index (χ0) is 12.3. The lowest BCUT2D eigenvalue weighted by molar-refractivity contribution is -0.173. The summed E-state index contributed by atoms with van der Waals surface area (Å²) in [6.45, 7) is -0.511. The van der Waals surface area contributed by atoms with Gasteiger partial charge in [0.1, 0.15) is 5.01 Å². The topological polar surface area (TPSA) is 92.2 Å². The maximum Gasteiger partial charge on any atom is 0.471 e. The van der Waals surface area contributed by atoms with Crippen molar-refractivity contribution >= 4 is 23.2 Å². The Bertz CT molecular complexity index is 417. The minimum atomic E-state index is -4.97. The quantitative estimate of drug-likeness (QED) is 0.816. The SMILES string of the molecule is O=C(O)c1nnc(CNC(=O)C(F)(F)F)s1. The number of nitrogens with zero attached hydrogens (tertiary/aromatic N) is 2. The summed E-state index contributed by atoms with van der Waals surface area (Å²) in [6, 6.07) is 0. The van der Waals surface area contributed by atoms with Crippen molar-refractivity contribution < 1.29 is 27.9 Å². The van der Waals surface area contributed by atoms with Gasteiger partial charge in [0.2, 0.25) is 5.01 Å². The van der Waals surface area contributed by atoms with Crippen molar-refractivity contribution in [2.24, 2.45) is 0 Å². The normalized spacial score (nSPS) is 11.2. The number of carboxylic acid groups (broad SMARTS) is 1. The van der Waals surface area contributed by atoms with E-state index in [-0.39, 0.29) is 10.0 Å². The lowest BCUT2D eigenvalue weighted by Crippen LogP contribution is -2.36. The Hall–Kier alpha value is -1.71. The molecule has 0 saturated carbocycles. The molecule has 0 aliphatic rings. The molecule has 1 aromatic rings. The number of nitrogens with one attached hydrogen (secondary N) is 1. The lowest BCUT2D eigenvalue weighted by atomic mass is 10.5. The molecule has 0 radical (unpaired) electrons. The number of aromatic carboxylic acids is 1. The average molecular weight is 255 g/mol. The smallest absolute Gasteiger partial charge is 0.471 e. The van der Waals surface area contributed by atoms with Crippen LogP contribution in [0, 0.1) is 0 Å². The first-order valence-corrected chi connectivity index (χ1v) is 4.53. The molecular weight excluding hydrogens is 251 g/mol. The van der Waals surface area contributed by atoms with Crippen LogP contribution in [0.15, 0.2) is 0 Å². The summed E-state index contributed by atoms with van der Waals surface area (Å²) in [5, 5.41) is 16.1. The third-order valence-electron chi connectivity index (χ3n) is 1.31. The highest BCUT2D eigenvalue weighted by Gasteiger charge is 2.38. The minimum Gasteiger partial charge on any atom is -0.476 e. The van der Waals surface area contributed by atoms with Crippen LogP contribution in [-0.2, 0) is 11.3 Å². The van der Waals surface area contributed by atoms with E-state index in [1.165, 1.54) is 0 Å². The fourth-order valence-corrected chi connectivity index (χ4v) is 1.29. The van der Waals surface area contributed by atoms with Gasteiger partial charge in [0.05, 0.1) is 6.54 Å². The van der Waals surface area contributed by atoms with Gasteiger partial charge in [-0.05, 0) is 0 Å². The number of carbonyl (C=O) groups excluding carboxylic acids is 1. The van der Waals surface area contributed by atoms with Crippen molar-refractivity contribution in [3.8, 4) is 0 Å². The van der Waals surface area contributed by atoms with Gasteiger partial charge in [-0.25, -0.2) is 4.79 Å². The Labute approximate surface area is 90.1 Å². The maximum atomic E-state index is 11.7. The number of halogens is 3. The highest BCUT2D eigenvalue weighted by atomic mass is 32.1. The van der Waals surface area contributed by atoms with Crippen LogP contribution in [0.1, 0.15) is 14.8 Å². The summed E-state index contributed by atoms with van der Waals surface area (Å²) in [5.41, 5.74) is 0. The molecule has 2 N–H and O–H groups in total. The number of rotatable bonds is 3. The van der Waals surface area contributed by atoms with E-state index in [0.717, 1.165) is 0 Å². The van der Waals surface area contributed by atoms with Gasteiger partial charge >= 0.3 is 18.1 Å². The van der Waals surface area contributed by atoms with Gasteiger partial charge in [-0.3, -0.25) is 4.79 Å². The minimum absolute atomic E-state index is 0.0185. The summed E-state index contributed by atoms with van der Waals surface area (Å²) >= 11 is 0.590. The zero-order valence-electron chi connectivity index (χ0n) is 7.41. The zero-order valence-corrected chi connectivity index (χ0v) is 8.22. The van der Waals surface area contributed by atoms with Crippen LogP contribution < -0.4 is 5.32 Å². The van der Waals surface area contributed by atoms with Gasteiger partial charge in [-0.1, -0.05) is 11.3 Å². The summed E-state index contributed by atoms with van der Waals surface area (Å²) in [5.74, 6) is -3.44. The van der Waals surface area contributed by atoms with Crippen LogP contribution in [-0.4, -0.2) is 33.4 Å². The molecule has 0 fully saturated rings. The van der Waals surface area contributed by atoms with Crippen LogP contribution in [0.25, 0.3) is 0 Å². The van der Waals surface area contributed by atoms with E-state index in [2.05, 4.69) is 10.2 Å². The summed E-state index contributed by atoms with van der Waals surface area (Å²) in [4.78, 5) is 20.7. The molecule has 16 heavy (non-hydrogen) atoms. The van der Waals surface area contributed by atoms with Crippen LogP contribution in [0.5, 0.6) is 0 Å². The second-order valence-corrected chi connectivity index (χ2v) is 3.55. The summed E-state index contributed by atoms with van der Waals surface area (Å²) in [6.07, 6.45) is -4.97. The molecule has 0 unspecified atom stereocenters. The molecule has 0 spiro atoms. The lowest BCUT2D eigenvalue weighted by Gasteiger charge is -2.05. The van der Waals surface area contributed by atoms with Crippen molar-refractivity contribution in [1.29, 1.82) is 0 Å². The van der Waals surface area contributed by atoms with Gasteiger partial charge in [0.15, 0.2) is 0 Å². The van der Waals surface area contributed by atoms with E-state index in [0.29, 0.717) is 11.3 Å². The first kappa shape index (κ1) is 12.4. The predicted molar refractivity (Wildman–Crippen MR) is 44.8 cm³/mol. The number of carboxylic acids is 1. The van der Waals surface area contributed by atoms with Gasteiger partial charge in [0.25, 0.3) is 0 Å². The van der Waals surface area contributed by atoms with Gasteiger partial charge in [-0.2, -0.15) is 13.2 Å². The van der Waals surface area contributed by atoms with E-state index in [4.69, 9.17) is 5.11 Å². The summed E-state index contributed by atoms with van der Waals surface area (Å²) in [7, 11) is 0. The molecule has 0 aliphatic heterocycles. The number of hydrogen-bond donors (Lipinski definition) is 2. The number of alkyl halides is 3. The second kappa shape index (κ2) is 4.43. The van der Waals surface area contributed by atoms with E-state index < -0.39 is 24.6 Å². The number of amides is 1. The highest BCUT2D eigenvalue weighted by Crippen LogP contribution is 2.15. The molecule has 0 aliphatic carbocycles. The summed E-state index contributed by atoms with van der Waals surface area (Å²) < 4.78 is 35.2. The van der Waals surface area contributed by atoms with Crippen LogP contribution in [0.4, 0.5) is 13.2 Å². The Balaban J connectivity index is 2.55. The Morgan fingerprint density at radius 1 is 1.38 bits per heavy atom. The highest BCUT2D eigenvalue weighted by molar-refractivity contribution is 7.13. The third-order valence-corrected chi connectivity index (χ3v) is 2.22. The second-order valence-electron chi connectivity index (χ2n) is 2.49. The molecule has 0 saturated heterocycles. The van der Waals surface area contributed by atoms with E-state index in [1.54, 1.807) is 5.32 Å². The molecule has 0 aromatic carbocycles. The predicted octanol–water partition coefficient (Wildman–Crippen LogP) is 0.415. The average Bonchev–Trinajstić information content (AvgIpc) is 2.60. The molecule has 88 valence electrons. The Morgan fingerprint density at radius 3 is 2.44 bits per heavy atom.